The molecule has 3 heteroatoms. The van der Waals surface area contributed by atoms with Crippen molar-refractivity contribution in [3.05, 3.63) is 30.1 Å². The van der Waals surface area contributed by atoms with Gasteiger partial charge in [0.2, 0.25) is 0 Å². The summed E-state index contributed by atoms with van der Waals surface area (Å²) >= 11 is 0. The zero-order valence-electron chi connectivity index (χ0n) is 9.53. The average molecular weight is 208 g/mol. The summed E-state index contributed by atoms with van der Waals surface area (Å²) in [5, 5.41) is 13.5. The van der Waals surface area contributed by atoms with Crippen LogP contribution in [0.5, 0.6) is 0 Å². The van der Waals surface area contributed by atoms with E-state index in [4.69, 9.17) is 0 Å². The van der Waals surface area contributed by atoms with E-state index in [1.807, 2.05) is 19.1 Å². The van der Waals surface area contributed by atoms with Crippen LogP contribution in [0.4, 0.5) is 0 Å². The van der Waals surface area contributed by atoms with Crippen molar-refractivity contribution in [2.24, 2.45) is 0 Å². The molecule has 1 aromatic rings. The third-order valence-corrected chi connectivity index (χ3v) is 2.50. The summed E-state index contributed by atoms with van der Waals surface area (Å²) in [5.74, 6) is 0. The fourth-order valence-electron chi connectivity index (χ4n) is 1.46. The maximum Gasteiger partial charge on any atom is 0.0895 e. The van der Waals surface area contributed by atoms with Crippen molar-refractivity contribution in [2.45, 2.75) is 32.3 Å². The monoisotopic (exact) mass is 208 g/mol. The van der Waals surface area contributed by atoms with E-state index in [0.29, 0.717) is 6.42 Å². The van der Waals surface area contributed by atoms with Crippen molar-refractivity contribution in [1.29, 1.82) is 0 Å². The van der Waals surface area contributed by atoms with Crippen molar-refractivity contribution < 1.29 is 5.11 Å². The lowest BCUT2D eigenvalue weighted by atomic mass is 9.94. The van der Waals surface area contributed by atoms with E-state index in [0.717, 1.165) is 25.1 Å². The van der Waals surface area contributed by atoms with E-state index < -0.39 is 5.60 Å². The third-order valence-electron chi connectivity index (χ3n) is 2.50. The Balaban J connectivity index is 2.45. The zero-order chi connectivity index (χ0) is 11.1. The van der Waals surface area contributed by atoms with Gasteiger partial charge in [-0.05, 0) is 38.9 Å². The number of hydrogen-bond donors (Lipinski definition) is 2. The molecule has 0 aromatic carbocycles. The molecule has 0 fully saturated rings. The van der Waals surface area contributed by atoms with Crippen LogP contribution in [-0.4, -0.2) is 23.2 Å². The van der Waals surface area contributed by atoms with Crippen LogP contribution in [0.2, 0.25) is 0 Å². The van der Waals surface area contributed by atoms with Crippen LogP contribution >= 0.6 is 0 Å². The smallest absolute Gasteiger partial charge is 0.0895 e. The fourth-order valence-corrected chi connectivity index (χ4v) is 1.46. The van der Waals surface area contributed by atoms with Crippen LogP contribution in [0.25, 0.3) is 0 Å². The van der Waals surface area contributed by atoms with Crippen molar-refractivity contribution >= 4 is 0 Å². The molecule has 0 aliphatic rings. The molecule has 0 aliphatic carbocycles. The molecule has 0 radical (unpaired) electrons. The molecule has 1 heterocycles. The highest BCUT2D eigenvalue weighted by molar-refractivity contribution is 5.16. The predicted molar refractivity (Wildman–Crippen MR) is 61.6 cm³/mol. The molecule has 0 saturated heterocycles. The first-order valence-corrected chi connectivity index (χ1v) is 5.50. The molecule has 0 aliphatic heterocycles. The number of pyridine rings is 1. The van der Waals surface area contributed by atoms with E-state index in [9.17, 15) is 5.11 Å². The molecule has 0 bridgehead atoms. The summed E-state index contributed by atoms with van der Waals surface area (Å²) in [6.07, 6.45) is 5.27. The molecule has 15 heavy (non-hydrogen) atoms. The van der Waals surface area contributed by atoms with E-state index in [1.54, 1.807) is 12.4 Å². The minimum atomic E-state index is -0.783. The highest BCUT2D eigenvalue weighted by Crippen LogP contribution is 2.22. The van der Waals surface area contributed by atoms with Gasteiger partial charge in [-0.25, -0.2) is 0 Å². The molecule has 0 amide bonds. The maximum atomic E-state index is 10.2. The van der Waals surface area contributed by atoms with E-state index in [2.05, 4.69) is 17.2 Å². The molecular weight excluding hydrogens is 188 g/mol. The summed E-state index contributed by atoms with van der Waals surface area (Å²) in [6, 6.07) is 3.76. The largest absolute Gasteiger partial charge is 0.385 e. The molecule has 0 spiro atoms. The Bertz CT molecular complexity index is 272. The van der Waals surface area contributed by atoms with Crippen LogP contribution in [0.3, 0.4) is 0 Å². The standard InChI is InChI=1S/C12H20N2O/c1-3-7-13-9-6-12(2,15)11-5-4-8-14-10-11/h4-5,8,10,13,15H,3,6-7,9H2,1-2H3. The quantitative estimate of drug-likeness (QED) is 0.699. The topological polar surface area (TPSA) is 45.1 Å². The Morgan fingerprint density at radius 3 is 2.87 bits per heavy atom. The molecule has 1 unspecified atom stereocenters. The number of rotatable bonds is 6. The highest BCUT2D eigenvalue weighted by atomic mass is 16.3. The number of aliphatic hydroxyl groups is 1. The fraction of sp³-hybridized carbons (Fsp3) is 0.583. The van der Waals surface area contributed by atoms with Gasteiger partial charge in [-0.3, -0.25) is 4.98 Å². The van der Waals surface area contributed by atoms with Crippen molar-refractivity contribution in [3.63, 3.8) is 0 Å². The second kappa shape index (κ2) is 5.83. The molecule has 1 rings (SSSR count). The Labute approximate surface area is 91.5 Å². The Hall–Kier alpha value is -0.930. The first-order chi connectivity index (χ1) is 7.17. The average Bonchev–Trinajstić information content (AvgIpc) is 2.26. The van der Waals surface area contributed by atoms with E-state index in [1.165, 1.54) is 0 Å². The Kier molecular flexibility index (Phi) is 4.72. The van der Waals surface area contributed by atoms with Gasteiger partial charge >= 0.3 is 0 Å². The minimum Gasteiger partial charge on any atom is -0.385 e. The summed E-state index contributed by atoms with van der Waals surface area (Å²) in [5.41, 5.74) is 0.0953. The van der Waals surface area contributed by atoms with Gasteiger partial charge in [-0.15, -0.1) is 0 Å². The first kappa shape index (κ1) is 12.1. The minimum absolute atomic E-state index is 0.707. The molecule has 1 atom stereocenters. The number of hydrogen-bond acceptors (Lipinski definition) is 3. The van der Waals surface area contributed by atoms with Gasteiger partial charge in [0.05, 0.1) is 5.60 Å². The molecule has 1 aromatic heterocycles. The van der Waals surface area contributed by atoms with Gasteiger partial charge in [0.15, 0.2) is 0 Å². The van der Waals surface area contributed by atoms with Crippen LogP contribution < -0.4 is 5.32 Å². The Morgan fingerprint density at radius 1 is 1.47 bits per heavy atom. The maximum absolute atomic E-state index is 10.2. The van der Waals surface area contributed by atoms with Crippen molar-refractivity contribution in [1.82, 2.24) is 10.3 Å². The SMILES string of the molecule is CCCNCCC(C)(O)c1cccnc1. The van der Waals surface area contributed by atoms with Crippen LogP contribution in [0.15, 0.2) is 24.5 Å². The van der Waals surface area contributed by atoms with Gasteiger partial charge in [0.25, 0.3) is 0 Å². The molecule has 2 N–H and O–H groups in total. The number of nitrogens with one attached hydrogen (secondary N) is 1. The molecule has 84 valence electrons. The summed E-state index contributed by atoms with van der Waals surface area (Å²) in [6.45, 7) is 5.79. The first-order valence-electron chi connectivity index (χ1n) is 5.50. The second-order valence-corrected chi connectivity index (χ2v) is 4.02. The van der Waals surface area contributed by atoms with Crippen LogP contribution in [0, 0.1) is 0 Å². The Morgan fingerprint density at radius 2 is 2.27 bits per heavy atom. The second-order valence-electron chi connectivity index (χ2n) is 4.02. The molecule has 0 saturated carbocycles. The van der Waals surface area contributed by atoms with E-state index in [-0.39, 0.29) is 0 Å². The van der Waals surface area contributed by atoms with Crippen LogP contribution in [0.1, 0.15) is 32.3 Å². The number of nitrogens with zero attached hydrogens (tertiary/aromatic N) is 1. The van der Waals surface area contributed by atoms with Gasteiger partial charge in [-0.1, -0.05) is 13.0 Å². The lowest BCUT2D eigenvalue weighted by Crippen LogP contribution is -2.28. The van der Waals surface area contributed by atoms with Crippen molar-refractivity contribution in [3.8, 4) is 0 Å². The summed E-state index contributed by atoms with van der Waals surface area (Å²) < 4.78 is 0. The third kappa shape index (κ3) is 3.98. The van der Waals surface area contributed by atoms with Gasteiger partial charge in [0.1, 0.15) is 0 Å². The summed E-state index contributed by atoms with van der Waals surface area (Å²) in [7, 11) is 0. The predicted octanol–water partition coefficient (Wildman–Crippen LogP) is 1.68. The van der Waals surface area contributed by atoms with Gasteiger partial charge in [-0.2, -0.15) is 0 Å². The number of aromatic nitrogens is 1. The lowest BCUT2D eigenvalue weighted by Gasteiger charge is -2.23. The normalized spacial score (nSPS) is 14.9. The van der Waals surface area contributed by atoms with Crippen LogP contribution in [-0.2, 0) is 5.60 Å². The molecular formula is C12H20N2O. The highest BCUT2D eigenvalue weighted by Gasteiger charge is 2.22. The lowest BCUT2D eigenvalue weighted by molar-refractivity contribution is 0.0477. The van der Waals surface area contributed by atoms with Gasteiger partial charge < -0.3 is 10.4 Å². The summed E-state index contributed by atoms with van der Waals surface area (Å²) in [4.78, 5) is 4.01. The van der Waals surface area contributed by atoms with E-state index >= 15 is 0 Å². The molecule has 3 nitrogen and oxygen atoms in total. The zero-order valence-corrected chi connectivity index (χ0v) is 9.53. The van der Waals surface area contributed by atoms with Gasteiger partial charge in [0, 0.05) is 18.0 Å². The van der Waals surface area contributed by atoms with Crippen molar-refractivity contribution in [2.75, 3.05) is 13.1 Å².